The summed E-state index contributed by atoms with van der Waals surface area (Å²) in [5.74, 6) is 0.0883. The molecule has 0 radical (unpaired) electrons. The third kappa shape index (κ3) is 5.60. The van der Waals surface area contributed by atoms with Crippen molar-refractivity contribution in [2.45, 2.75) is 11.1 Å². The molecule has 0 unspecified atom stereocenters. The Morgan fingerprint density at radius 3 is 2.47 bits per heavy atom. The minimum absolute atomic E-state index is 0.188. The fourth-order valence-electron chi connectivity index (χ4n) is 3.41. The first-order valence-corrected chi connectivity index (χ1v) is 12.1. The third-order valence-corrected chi connectivity index (χ3v) is 6.86. The topological polar surface area (TPSA) is 97.3 Å². The van der Waals surface area contributed by atoms with Gasteiger partial charge < -0.3 is 9.47 Å². The summed E-state index contributed by atoms with van der Waals surface area (Å²) in [6, 6.07) is 15.9. The standard InChI is InChI=1S/C24H20F3N3O5S/c25-24(26,27)18-7-5-8-19(14-18)30(36(32,33)20-9-2-1-3-10-20)16-22(31)29-28-15-17-6-4-11-21-23(17)35-13-12-34-21/h1-11,14-15H,12-13,16H2,(H,29,31)/b28-15-. The summed E-state index contributed by atoms with van der Waals surface area (Å²) in [5, 5.41) is 3.85. The lowest BCUT2D eigenvalue weighted by molar-refractivity contribution is -0.137. The van der Waals surface area contributed by atoms with Crippen LogP contribution in [0.5, 0.6) is 11.5 Å². The van der Waals surface area contributed by atoms with Crippen LogP contribution in [0.3, 0.4) is 0 Å². The number of hydrazone groups is 1. The molecule has 0 atom stereocenters. The number of amides is 1. The van der Waals surface area contributed by atoms with Gasteiger partial charge in [0.05, 0.1) is 22.4 Å². The molecule has 188 valence electrons. The van der Waals surface area contributed by atoms with Crippen LogP contribution >= 0.6 is 0 Å². The molecule has 12 heteroatoms. The second kappa shape index (κ2) is 10.3. The number of sulfonamides is 1. The Labute approximate surface area is 205 Å². The van der Waals surface area contributed by atoms with E-state index in [0.29, 0.717) is 40.6 Å². The van der Waals surface area contributed by atoms with Crippen LogP contribution in [0.1, 0.15) is 11.1 Å². The Bertz CT molecular complexity index is 1380. The van der Waals surface area contributed by atoms with Gasteiger partial charge in [0.15, 0.2) is 11.5 Å². The highest BCUT2D eigenvalue weighted by atomic mass is 32.2. The molecule has 0 aromatic heterocycles. The van der Waals surface area contributed by atoms with Crippen LogP contribution in [0, 0.1) is 0 Å². The maximum atomic E-state index is 13.3. The summed E-state index contributed by atoms with van der Waals surface area (Å²) in [5.41, 5.74) is 1.35. The SMILES string of the molecule is O=C(CN(c1cccc(C(F)(F)F)c1)S(=O)(=O)c1ccccc1)N/N=C\c1cccc2c1OCCO2. The molecule has 3 aromatic carbocycles. The number of hydrogen-bond donors (Lipinski definition) is 1. The van der Waals surface area contributed by atoms with Gasteiger partial charge in [0.2, 0.25) is 0 Å². The predicted octanol–water partition coefficient (Wildman–Crippen LogP) is 3.82. The number of benzene rings is 3. The number of rotatable bonds is 7. The van der Waals surface area contributed by atoms with Gasteiger partial charge in [0.25, 0.3) is 15.9 Å². The summed E-state index contributed by atoms with van der Waals surface area (Å²) >= 11 is 0. The first kappa shape index (κ1) is 25.0. The lowest BCUT2D eigenvalue weighted by Crippen LogP contribution is -2.39. The van der Waals surface area contributed by atoms with Crippen LogP contribution < -0.4 is 19.2 Å². The zero-order chi connectivity index (χ0) is 25.8. The van der Waals surface area contributed by atoms with E-state index in [1.54, 1.807) is 24.3 Å². The number of para-hydroxylation sites is 1. The molecule has 1 N–H and O–H groups in total. The fraction of sp³-hybridized carbons (Fsp3) is 0.167. The number of carbonyl (C=O) groups is 1. The van der Waals surface area contributed by atoms with Crippen LogP contribution in [0.2, 0.25) is 0 Å². The van der Waals surface area contributed by atoms with Gasteiger partial charge in [-0.15, -0.1) is 0 Å². The van der Waals surface area contributed by atoms with Crippen molar-refractivity contribution in [3.05, 3.63) is 83.9 Å². The normalized spacial score (nSPS) is 13.4. The van der Waals surface area contributed by atoms with Crippen molar-refractivity contribution >= 4 is 27.8 Å². The number of ether oxygens (including phenoxy) is 2. The van der Waals surface area contributed by atoms with Gasteiger partial charge in [-0.2, -0.15) is 18.3 Å². The lowest BCUT2D eigenvalue weighted by Gasteiger charge is -2.24. The van der Waals surface area contributed by atoms with E-state index in [1.807, 2.05) is 0 Å². The van der Waals surface area contributed by atoms with Crippen molar-refractivity contribution in [3.63, 3.8) is 0 Å². The van der Waals surface area contributed by atoms with Crippen molar-refractivity contribution in [2.24, 2.45) is 5.10 Å². The number of anilines is 1. The molecule has 4 rings (SSSR count). The van der Waals surface area contributed by atoms with Crippen LogP contribution in [0.15, 0.2) is 82.8 Å². The monoisotopic (exact) mass is 519 g/mol. The minimum Gasteiger partial charge on any atom is -0.486 e. The van der Waals surface area contributed by atoms with Crippen molar-refractivity contribution in [1.29, 1.82) is 0 Å². The molecular formula is C24H20F3N3O5S. The number of fused-ring (bicyclic) bond motifs is 1. The zero-order valence-electron chi connectivity index (χ0n) is 18.6. The van der Waals surface area contributed by atoms with E-state index >= 15 is 0 Å². The lowest BCUT2D eigenvalue weighted by atomic mass is 10.2. The first-order chi connectivity index (χ1) is 17.2. The van der Waals surface area contributed by atoms with Gasteiger partial charge in [-0.25, -0.2) is 13.8 Å². The average Bonchev–Trinajstić information content (AvgIpc) is 2.87. The molecule has 0 aliphatic carbocycles. The molecule has 1 aliphatic heterocycles. The Hall–Kier alpha value is -4.06. The van der Waals surface area contributed by atoms with Crippen molar-refractivity contribution in [3.8, 4) is 11.5 Å². The molecule has 0 saturated carbocycles. The number of alkyl halides is 3. The molecule has 1 aliphatic rings. The fourth-order valence-corrected chi connectivity index (χ4v) is 4.84. The predicted molar refractivity (Wildman–Crippen MR) is 126 cm³/mol. The maximum absolute atomic E-state index is 13.3. The molecule has 1 heterocycles. The summed E-state index contributed by atoms with van der Waals surface area (Å²) in [7, 11) is -4.38. The van der Waals surface area contributed by atoms with Gasteiger partial charge in [-0.05, 0) is 42.5 Å². The van der Waals surface area contributed by atoms with Gasteiger partial charge in [-0.3, -0.25) is 9.10 Å². The number of carbonyl (C=O) groups excluding carboxylic acids is 1. The van der Waals surface area contributed by atoms with E-state index in [9.17, 15) is 26.4 Å². The summed E-state index contributed by atoms with van der Waals surface area (Å²) in [6.45, 7) is -0.0819. The Balaban J connectivity index is 1.59. The molecule has 8 nitrogen and oxygen atoms in total. The van der Waals surface area contributed by atoms with Crippen LogP contribution in [0.4, 0.5) is 18.9 Å². The van der Waals surface area contributed by atoms with Crippen molar-refractivity contribution < 1.29 is 35.9 Å². The third-order valence-electron chi connectivity index (χ3n) is 5.07. The molecular weight excluding hydrogens is 499 g/mol. The van der Waals surface area contributed by atoms with Gasteiger partial charge in [0, 0.05) is 5.56 Å². The van der Waals surface area contributed by atoms with Crippen molar-refractivity contribution in [1.82, 2.24) is 5.43 Å². The summed E-state index contributed by atoms with van der Waals surface area (Å²) in [6.07, 6.45) is -3.41. The van der Waals surface area contributed by atoms with E-state index in [1.165, 1.54) is 36.5 Å². The average molecular weight is 520 g/mol. The Kier molecular flexibility index (Phi) is 7.15. The molecule has 0 fully saturated rings. The maximum Gasteiger partial charge on any atom is 0.416 e. The second-order valence-electron chi connectivity index (χ2n) is 7.54. The van der Waals surface area contributed by atoms with E-state index in [2.05, 4.69) is 10.5 Å². The van der Waals surface area contributed by atoms with Gasteiger partial charge >= 0.3 is 6.18 Å². The molecule has 1 amide bonds. The first-order valence-electron chi connectivity index (χ1n) is 10.6. The van der Waals surface area contributed by atoms with Gasteiger partial charge in [-0.1, -0.05) is 30.3 Å². The molecule has 3 aromatic rings. The van der Waals surface area contributed by atoms with Gasteiger partial charge in [0.1, 0.15) is 19.8 Å². The van der Waals surface area contributed by atoms with E-state index < -0.39 is 34.2 Å². The highest BCUT2D eigenvalue weighted by Crippen LogP contribution is 2.34. The van der Waals surface area contributed by atoms with Crippen LogP contribution in [-0.4, -0.2) is 40.3 Å². The van der Waals surface area contributed by atoms with Crippen molar-refractivity contribution in [2.75, 3.05) is 24.1 Å². The minimum atomic E-state index is -4.70. The van der Waals surface area contributed by atoms with Crippen LogP contribution in [0.25, 0.3) is 0 Å². The second-order valence-corrected chi connectivity index (χ2v) is 9.40. The Morgan fingerprint density at radius 2 is 1.72 bits per heavy atom. The Morgan fingerprint density at radius 1 is 1.00 bits per heavy atom. The van der Waals surface area contributed by atoms with E-state index in [4.69, 9.17) is 9.47 Å². The van der Waals surface area contributed by atoms with E-state index in [-0.39, 0.29) is 10.6 Å². The molecule has 0 saturated heterocycles. The number of halogens is 3. The smallest absolute Gasteiger partial charge is 0.416 e. The quantitative estimate of drug-likeness (QED) is 0.378. The number of nitrogens with one attached hydrogen (secondary N) is 1. The highest BCUT2D eigenvalue weighted by molar-refractivity contribution is 7.92. The largest absolute Gasteiger partial charge is 0.486 e. The molecule has 36 heavy (non-hydrogen) atoms. The zero-order valence-corrected chi connectivity index (χ0v) is 19.4. The van der Waals surface area contributed by atoms with E-state index in [0.717, 1.165) is 12.1 Å². The number of hydrogen-bond acceptors (Lipinski definition) is 6. The molecule has 0 bridgehead atoms. The van der Waals surface area contributed by atoms with Crippen LogP contribution in [-0.2, 0) is 21.0 Å². The number of nitrogens with zero attached hydrogens (tertiary/aromatic N) is 2. The highest BCUT2D eigenvalue weighted by Gasteiger charge is 2.33. The summed E-state index contributed by atoms with van der Waals surface area (Å²) in [4.78, 5) is 12.5. The molecule has 0 spiro atoms. The summed E-state index contributed by atoms with van der Waals surface area (Å²) < 4.78 is 78.0.